The van der Waals surface area contributed by atoms with Gasteiger partial charge in [0.25, 0.3) is 5.91 Å². The highest BCUT2D eigenvalue weighted by atomic mass is 35.5. The molecule has 1 fully saturated rings. The quantitative estimate of drug-likeness (QED) is 0.503. The van der Waals surface area contributed by atoms with Gasteiger partial charge >= 0.3 is 0 Å². The Balaban J connectivity index is 1.51. The first-order valence-corrected chi connectivity index (χ1v) is 10.9. The molecule has 3 unspecified atom stereocenters. The molecule has 4 rings (SSSR count). The van der Waals surface area contributed by atoms with Crippen molar-refractivity contribution in [1.29, 1.82) is 0 Å². The predicted molar refractivity (Wildman–Crippen MR) is 121 cm³/mol. The molecular formula is C22H26ClFN6O3. The molecule has 1 aromatic carbocycles. The number of hydrogen-bond donors (Lipinski definition) is 4. The second-order valence-electron chi connectivity index (χ2n) is 8.34. The number of amides is 1. The van der Waals surface area contributed by atoms with Crippen LogP contribution in [0.2, 0.25) is 5.02 Å². The minimum atomic E-state index is -0.688. The lowest BCUT2D eigenvalue weighted by molar-refractivity contribution is 0.0793. The van der Waals surface area contributed by atoms with Crippen LogP contribution in [0.3, 0.4) is 0 Å². The van der Waals surface area contributed by atoms with Crippen LogP contribution in [-0.4, -0.2) is 63.9 Å². The zero-order chi connectivity index (χ0) is 23.9. The van der Waals surface area contributed by atoms with Crippen LogP contribution in [0.5, 0.6) is 5.75 Å². The molecule has 0 saturated carbocycles. The van der Waals surface area contributed by atoms with Crippen molar-refractivity contribution >= 4 is 23.1 Å². The Hall–Kier alpha value is -2.79. The molecule has 33 heavy (non-hydrogen) atoms. The van der Waals surface area contributed by atoms with Crippen LogP contribution in [0, 0.1) is 19.7 Å². The van der Waals surface area contributed by atoms with Gasteiger partial charge < -0.3 is 26.2 Å². The van der Waals surface area contributed by atoms with Crippen molar-refractivity contribution in [3.8, 4) is 5.75 Å². The SMILES string of the molecule is Cc1nc(C2=C(N)CN(C(=O)c3ccc(F)cc3OCC3CC(O)C(N)N3)C2)nc(C)c1Cl. The Labute approximate surface area is 195 Å². The van der Waals surface area contributed by atoms with Gasteiger partial charge in [0.1, 0.15) is 18.2 Å². The van der Waals surface area contributed by atoms with Gasteiger partial charge in [-0.05, 0) is 32.4 Å². The zero-order valence-electron chi connectivity index (χ0n) is 18.3. The molecule has 2 aromatic rings. The summed E-state index contributed by atoms with van der Waals surface area (Å²) < 4.78 is 19.7. The Morgan fingerprint density at radius 2 is 2.03 bits per heavy atom. The molecule has 11 heteroatoms. The molecule has 3 atom stereocenters. The monoisotopic (exact) mass is 476 g/mol. The smallest absolute Gasteiger partial charge is 0.258 e. The number of nitrogens with one attached hydrogen (secondary N) is 1. The molecule has 6 N–H and O–H groups in total. The summed E-state index contributed by atoms with van der Waals surface area (Å²) in [5.74, 6) is -0.349. The third-order valence-corrected chi connectivity index (χ3v) is 6.37. The summed E-state index contributed by atoms with van der Waals surface area (Å²) in [5, 5.41) is 13.3. The number of aliphatic hydroxyl groups excluding tert-OH is 1. The maximum atomic E-state index is 13.9. The topological polar surface area (TPSA) is 140 Å². The molecule has 2 aliphatic rings. The van der Waals surface area contributed by atoms with E-state index >= 15 is 0 Å². The van der Waals surface area contributed by atoms with Gasteiger partial charge in [-0.1, -0.05) is 11.6 Å². The van der Waals surface area contributed by atoms with Crippen molar-refractivity contribution in [3.63, 3.8) is 0 Å². The molecule has 1 aromatic heterocycles. The van der Waals surface area contributed by atoms with Crippen LogP contribution >= 0.6 is 11.6 Å². The highest BCUT2D eigenvalue weighted by molar-refractivity contribution is 6.31. The van der Waals surface area contributed by atoms with E-state index in [9.17, 15) is 14.3 Å². The van der Waals surface area contributed by atoms with Gasteiger partial charge in [-0.15, -0.1) is 0 Å². The number of ether oxygens (including phenoxy) is 1. The van der Waals surface area contributed by atoms with Gasteiger partial charge in [0.05, 0.1) is 47.3 Å². The van der Waals surface area contributed by atoms with E-state index in [1.165, 1.54) is 23.1 Å². The number of hydrogen-bond acceptors (Lipinski definition) is 8. The molecule has 9 nitrogen and oxygen atoms in total. The number of aliphatic hydroxyl groups is 1. The summed E-state index contributed by atoms with van der Waals surface area (Å²) in [7, 11) is 0. The van der Waals surface area contributed by atoms with Crippen LogP contribution < -0.4 is 21.5 Å². The lowest BCUT2D eigenvalue weighted by atomic mass is 10.1. The summed E-state index contributed by atoms with van der Waals surface area (Å²) in [6.07, 6.45) is -0.839. The average Bonchev–Trinajstić information content (AvgIpc) is 3.31. The molecule has 2 aliphatic heterocycles. The van der Waals surface area contributed by atoms with E-state index in [0.717, 1.165) is 0 Å². The third kappa shape index (κ3) is 4.79. The maximum Gasteiger partial charge on any atom is 0.258 e. The van der Waals surface area contributed by atoms with Crippen LogP contribution in [-0.2, 0) is 0 Å². The third-order valence-electron chi connectivity index (χ3n) is 5.82. The van der Waals surface area contributed by atoms with E-state index in [-0.39, 0.29) is 43.0 Å². The van der Waals surface area contributed by atoms with Crippen LogP contribution in [0.1, 0.15) is 34.0 Å². The van der Waals surface area contributed by atoms with Crippen molar-refractivity contribution in [1.82, 2.24) is 20.2 Å². The van der Waals surface area contributed by atoms with E-state index in [1.54, 1.807) is 13.8 Å². The van der Waals surface area contributed by atoms with Crippen molar-refractivity contribution in [2.45, 2.75) is 38.6 Å². The lowest BCUT2D eigenvalue weighted by Crippen LogP contribution is -2.42. The number of rotatable bonds is 5. The van der Waals surface area contributed by atoms with Gasteiger partial charge in [-0.25, -0.2) is 14.4 Å². The largest absolute Gasteiger partial charge is 0.491 e. The van der Waals surface area contributed by atoms with Gasteiger partial charge in [0.2, 0.25) is 0 Å². The molecule has 0 radical (unpaired) electrons. The first-order chi connectivity index (χ1) is 15.6. The van der Waals surface area contributed by atoms with E-state index in [4.69, 9.17) is 27.8 Å². The highest BCUT2D eigenvalue weighted by Crippen LogP contribution is 2.29. The average molecular weight is 477 g/mol. The number of aromatic nitrogens is 2. The second-order valence-corrected chi connectivity index (χ2v) is 8.72. The minimum Gasteiger partial charge on any atom is -0.491 e. The normalized spacial score (nSPS) is 22.8. The first kappa shape index (κ1) is 23.4. The molecular weight excluding hydrogens is 451 g/mol. The fourth-order valence-corrected chi connectivity index (χ4v) is 4.09. The van der Waals surface area contributed by atoms with Crippen molar-refractivity contribution < 1.29 is 19.0 Å². The minimum absolute atomic E-state index is 0.109. The van der Waals surface area contributed by atoms with Gasteiger partial charge in [0.15, 0.2) is 5.82 Å². The Bertz CT molecular complexity index is 1090. The number of nitrogens with zero attached hydrogens (tertiary/aromatic N) is 3. The fourth-order valence-electron chi connectivity index (χ4n) is 4.00. The molecule has 0 aliphatic carbocycles. The van der Waals surface area contributed by atoms with Crippen LogP contribution in [0.15, 0.2) is 23.9 Å². The van der Waals surface area contributed by atoms with Gasteiger partial charge in [0, 0.05) is 23.4 Å². The number of benzene rings is 1. The number of aryl methyl sites for hydroxylation is 2. The number of carbonyl (C=O) groups is 1. The number of nitrogens with two attached hydrogens (primary N) is 2. The first-order valence-electron chi connectivity index (χ1n) is 10.5. The lowest BCUT2D eigenvalue weighted by Gasteiger charge is -2.20. The Kier molecular flexibility index (Phi) is 6.53. The van der Waals surface area contributed by atoms with E-state index in [2.05, 4.69) is 15.3 Å². The molecule has 3 heterocycles. The highest BCUT2D eigenvalue weighted by Gasteiger charge is 2.32. The van der Waals surface area contributed by atoms with Crippen molar-refractivity contribution in [3.05, 3.63) is 57.5 Å². The number of halogens is 2. The van der Waals surface area contributed by atoms with Crippen LogP contribution in [0.4, 0.5) is 4.39 Å². The van der Waals surface area contributed by atoms with E-state index < -0.39 is 18.1 Å². The van der Waals surface area contributed by atoms with E-state index in [1.807, 2.05) is 0 Å². The van der Waals surface area contributed by atoms with Gasteiger partial charge in [-0.3, -0.25) is 10.1 Å². The molecule has 176 valence electrons. The zero-order valence-corrected chi connectivity index (χ0v) is 19.1. The molecule has 0 spiro atoms. The maximum absolute atomic E-state index is 13.9. The number of carbonyl (C=O) groups excluding carboxylic acids is 1. The van der Waals surface area contributed by atoms with Gasteiger partial charge in [-0.2, -0.15) is 0 Å². The van der Waals surface area contributed by atoms with Crippen LogP contribution in [0.25, 0.3) is 5.57 Å². The standard InChI is InChI=1S/C22H26ClFN6O3/c1-10-19(23)11(2)28-21(27-10)15-7-30(8-16(15)25)22(32)14-4-3-12(24)5-18(14)33-9-13-6-17(31)20(26)29-13/h3-5,13,17,20,29,31H,6-9,25-26H2,1-2H3. The second kappa shape index (κ2) is 9.22. The fraction of sp³-hybridized carbons (Fsp3) is 0.409. The Morgan fingerprint density at radius 3 is 2.67 bits per heavy atom. The summed E-state index contributed by atoms with van der Waals surface area (Å²) in [6, 6.07) is 3.54. The summed E-state index contributed by atoms with van der Waals surface area (Å²) >= 11 is 6.17. The molecule has 1 amide bonds. The van der Waals surface area contributed by atoms with Crippen molar-refractivity contribution in [2.75, 3.05) is 19.7 Å². The summed E-state index contributed by atoms with van der Waals surface area (Å²) in [4.78, 5) is 23.7. The Morgan fingerprint density at radius 1 is 1.33 bits per heavy atom. The van der Waals surface area contributed by atoms with Crippen molar-refractivity contribution in [2.24, 2.45) is 11.5 Å². The predicted octanol–water partition coefficient (Wildman–Crippen LogP) is 1.10. The van der Waals surface area contributed by atoms with E-state index in [0.29, 0.717) is 39.9 Å². The summed E-state index contributed by atoms with van der Waals surface area (Å²) in [5.41, 5.74) is 14.6. The molecule has 0 bridgehead atoms. The summed E-state index contributed by atoms with van der Waals surface area (Å²) in [6.45, 7) is 4.06. The molecule has 1 saturated heterocycles.